The highest BCUT2D eigenvalue weighted by Gasteiger charge is 2.17. The lowest BCUT2D eigenvalue weighted by Crippen LogP contribution is -2.05. The molecule has 2 aromatic carbocycles. The minimum absolute atomic E-state index is 1.24. The highest BCUT2D eigenvalue weighted by molar-refractivity contribution is 5.71. The molecule has 0 atom stereocenters. The van der Waals surface area contributed by atoms with Crippen LogP contribution in [-0.4, -0.2) is 0 Å². The van der Waals surface area contributed by atoms with Gasteiger partial charge in [-0.15, -0.1) is 0 Å². The van der Waals surface area contributed by atoms with E-state index in [0.29, 0.717) is 0 Å². The van der Waals surface area contributed by atoms with Crippen LogP contribution in [0.5, 0.6) is 0 Å². The first-order valence-corrected chi connectivity index (χ1v) is 34.4. The third-order valence-electron chi connectivity index (χ3n) is 17.1. The Kier molecular flexibility index (Phi) is 48.6. The Morgan fingerprint density at radius 1 is 0.205 bits per heavy atom. The summed E-state index contributed by atoms with van der Waals surface area (Å²) in [5.41, 5.74) is 11.6. The summed E-state index contributed by atoms with van der Waals surface area (Å²) < 4.78 is 0. The van der Waals surface area contributed by atoms with Crippen molar-refractivity contribution in [2.75, 3.05) is 0 Å². The number of hydrogen-bond donors (Lipinski definition) is 0. The Balaban J connectivity index is 1.96. The van der Waals surface area contributed by atoms with Crippen LogP contribution in [0.25, 0.3) is 11.1 Å². The largest absolute Gasteiger partial charge is 0.0654 e. The highest BCUT2D eigenvalue weighted by atomic mass is 14.2. The molecule has 0 aliphatic rings. The van der Waals surface area contributed by atoms with Gasteiger partial charge in [0.05, 0.1) is 0 Å². The SMILES string of the molecule is CCCCCCCCCCCCCCCCCCCCCCCCCc1ccc(-c2cc(CCCCC)cc(CCCCC)c2)c(CCCCCCCCCCCCCCCCCC)c1CCCCCCCC. The first kappa shape index (κ1) is 67.5. The molecule has 0 amide bonds. The van der Waals surface area contributed by atoms with Gasteiger partial charge < -0.3 is 0 Å². The lowest BCUT2D eigenvalue weighted by Gasteiger charge is -2.21. The number of aryl methyl sites for hydroxylation is 3. The number of unbranched alkanes of at least 4 members (excludes halogenated alkanes) is 46. The molecule has 0 heterocycles. The van der Waals surface area contributed by atoms with E-state index in [1.165, 1.54) is 360 Å². The zero-order chi connectivity index (χ0) is 52.2. The Labute approximate surface area is 461 Å². The van der Waals surface area contributed by atoms with E-state index in [-0.39, 0.29) is 0 Å². The fourth-order valence-electron chi connectivity index (χ4n) is 12.2. The molecule has 0 saturated carbocycles. The van der Waals surface area contributed by atoms with E-state index in [0.717, 1.165) is 0 Å². The van der Waals surface area contributed by atoms with Crippen molar-refractivity contribution in [2.45, 2.75) is 394 Å². The minimum Gasteiger partial charge on any atom is -0.0654 e. The van der Waals surface area contributed by atoms with Crippen molar-refractivity contribution in [1.29, 1.82) is 0 Å². The van der Waals surface area contributed by atoms with Crippen molar-refractivity contribution in [2.24, 2.45) is 0 Å². The predicted molar refractivity (Wildman–Crippen MR) is 334 cm³/mol. The molecular weight excluding hydrogens is 877 g/mol. The zero-order valence-corrected chi connectivity index (χ0v) is 51.0. The van der Waals surface area contributed by atoms with Crippen LogP contribution >= 0.6 is 0 Å². The van der Waals surface area contributed by atoms with Gasteiger partial charge in [-0.25, -0.2) is 0 Å². The Morgan fingerprint density at radius 3 is 0.740 bits per heavy atom. The van der Waals surface area contributed by atoms with Gasteiger partial charge in [-0.3, -0.25) is 0 Å². The van der Waals surface area contributed by atoms with Crippen molar-refractivity contribution in [3.8, 4) is 11.1 Å². The Bertz CT molecular complexity index is 1400. The molecule has 0 heteroatoms. The van der Waals surface area contributed by atoms with Gasteiger partial charge >= 0.3 is 0 Å². The first-order valence-electron chi connectivity index (χ1n) is 34.4. The molecule has 0 unspecified atom stereocenters. The fourth-order valence-corrected chi connectivity index (χ4v) is 12.2. The third kappa shape index (κ3) is 38.6. The minimum atomic E-state index is 1.24. The van der Waals surface area contributed by atoms with Gasteiger partial charge in [0.2, 0.25) is 0 Å². The lowest BCUT2D eigenvalue weighted by molar-refractivity contribution is 0.518. The molecule has 73 heavy (non-hydrogen) atoms. The van der Waals surface area contributed by atoms with Gasteiger partial charge in [0.25, 0.3) is 0 Å². The van der Waals surface area contributed by atoms with Gasteiger partial charge in [-0.05, 0) is 103 Å². The highest BCUT2D eigenvalue weighted by Crippen LogP contribution is 2.35. The summed E-state index contributed by atoms with van der Waals surface area (Å²) in [5, 5.41) is 0. The summed E-state index contributed by atoms with van der Waals surface area (Å²) in [4.78, 5) is 0. The molecule has 2 rings (SSSR count). The quantitative estimate of drug-likeness (QED) is 0.0579. The average Bonchev–Trinajstić information content (AvgIpc) is 3.40. The van der Waals surface area contributed by atoms with E-state index in [2.05, 4.69) is 65.0 Å². The van der Waals surface area contributed by atoms with E-state index in [1.54, 1.807) is 38.9 Å². The maximum absolute atomic E-state index is 2.64. The van der Waals surface area contributed by atoms with Crippen molar-refractivity contribution in [3.63, 3.8) is 0 Å². The van der Waals surface area contributed by atoms with Crippen molar-refractivity contribution in [3.05, 3.63) is 58.1 Å². The monoisotopic (exact) mass is 1010 g/mol. The Morgan fingerprint density at radius 2 is 0.438 bits per heavy atom. The molecule has 0 aromatic heterocycles. The van der Waals surface area contributed by atoms with E-state index in [1.807, 2.05) is 0 Å². The summed E-state index contributed by atoms with van der Waals surface area (Å²) >= 11 is 0. The summed E-state index contributed by atoms with van der Waals surface area (Å²) in [6.45, 7) is 11.7. The maximum Gasteiger partial charge on any atom is -0.0149 e. The molecule has 0 fully saturated rings. The van der Waals surface area contributed by atoms with Crippen LogP contribution in [0.3, 0.4) is 0 Å². The zero-order valence-electron chi connectivity index (χ0n) is 51.0. The average molecular weight is 1010 g/mol. The van der Waals surface area contributed by atoms with Gasteiger partial charge in [-0.1, -0.05) is 360 Å². The van der Waals surface area contributed by atoms with Gasteiger partial charge in [0.1, 0.15) is 0 Å². The summed E-state index contributed by atoms with van der Waals surface area (Å²) in [6, 6.07) is 13.1. The van der Waals surface area contributed by atoms with Crippen LogP contribution in [0.2, 0.25) is 0 Å². The molecule has 0 bridgehead atoms. The molecular formula is C73H132. The van der Waals surface area contributed by atoms with Gasteiger partial charge in [-0.2, -0.15) is 0 Å². The molecule has 0 aliphatic carbocycles. The van der Waals surface area contributed by atoms with Crippen molar-refractivity contribution in [1.82, 2.24) is 0 Å². The molecule has 0 spiro atoms. The predicted octanol–water partition coefficient (Wildman–Crippen LogP) is 26.1. The summed E-state index contributed by atoms with van der Waals surface area (Å²) in [7, 11) is 0. The van der Waals surface area contributed by atoms with Crippen molar-refractivity contribution >= 4 is 0 Å². The topological polar surface area (TPSA) is 0 Å². The first-order chi connectivity index (χ1) is 36.2. The van der Waals surface area contributed by atoms with Crippen molar-refractivity contribution < 1.29 is 0 Å². The molecule has 0 radical (unpaired) electrons. The molecule has 2 aromatic rings. The van der Waals surface area contributed by atoms with Crippen LogP contribution in [0.15, 0.2) is 30.3 Å². The molecule has 424 valence electrons. The Hall–Kier alpha value is -1.56. The lowest BCUT2D eigenvalue weighted by atomic mass is 9.84. The van der Waals surface area contributed by atoms with E-state index < -0.39 is 0 Å². The fraction of sp³-hybridized carbons (Fsp3) is 0.836. The maximum atomic E-state index is 2.64. The summed E-state index contributed by atoms with van der Waals surface area (Å²) in [5.74, 6) is 0. The van der Waals surface area contributed by atoms with E-state index in [4.69, 9.17) is 0 Å². The second kappa shape index (κ2) is 52.5. The van der Waals surface area contributed by atoms with Crippen LogP contribution in [0.1, 0.15) is 390 Å². The van der Waals surface area contributed by atoms with Crippen LogP contribution in [0, 0.1) is 0 Å². The number of hydrogen-bond acceptors (Lipinski definition) is 0. The normalized spacial score (nSPS) is 11.7. The number of benzene rings is 2. The van der Waals surface area contributed by atoms with E-state index >= 15 is 0 Å². The van der Waals surface area contributed by atoms with Crippen LogP contribution in [0.4, 0.5) is 0 Å². The molecule has 0 N–H and O–H groups in total. The van der Waals surface area contributed by atoms with E-state index in [9.17, 15) is 0 Å². The van der Waals surface area contributed by atoms with Gasteiger partial charge in [0, 0.05) is 0 Å². The summed E-state index contributed by atoms with van der Waals surface area (Å²) in [6.07, 6.45) is 79.2. The second-order valence-corrected chi connectivity index (χ2v) is 24.3. The molecule has 0 nitrogen and oxygen atoms in total. The smallest absolute Gasteiger partial charge is 0.0149 e. The molecule has 0 aliphatic heterocycles. The molecule has 0 saturated heterocycles. The van der Waals surface area contributed by atoms with Crippen LogP contribution in [-0.2, 0) is 32.1 Å². The van der Waals surface area contributed by atoms with Crippen LogP contribution < -0.4 is 0 Å². The van der Waals surface area contributed by atoms with Gasteiger partial charge in [0.15, 0.2) is 0 Å². The second-order valence-electron chi connectivity index (χ2n) is 24.3. The third-order valence-corrected chi connectivity index (χ3v) is 17.1. The standard InChI is InChI=1S/C73H132/c1-6-11-16-19-22-24-26-28-30-32-33-34-35-36-37-38-39-41-43-45-47-49-54-59-69-62-63-72(70-65-67(57-52-14-9-4)64-68(66-70)58-53-15-10-5)73(71(69)60-55-50-21-18-13-8-3)61-56-51-48-46-44-42-40-31-29-27-25-23-20-17-12-7-2/h62-66H,6-61H2,1-5H3. The number of rotatable bonds is 57.